The molecule has 1 heterocycles. The molecule has 0 spiro atoms. The second kappa shape index (κ2) is 5.09. The number of nitrogens with one attached hydrogen (secondary N) is 2. The monoisotopic (exact) mass is 236 g/mol. The van der Waals surface area contributed by atoms with E-state index in [4.69, 9.17) is 11.6 Å². The van der Waals surface area contributed by atoms with Gasteiger partial charge in [0, 0.05) is 5.02 Å². The summed E-state index contributed by atoms with van der Waals surface area (Å²) in [5, 5.41) is 14.6. The van der Waals surface area contributed by atoms with Gasteiger partial charge in [-0.15, -0.1) is 0 Å². The van der Waals surface area contributed by atoms with E-state index in [2.05, 4.69) is 27.7 Å². The van der Waals surface area contributed by atoms with Gasteiger partial charge in [-0.2, -0.15) is 15.4 Å². The number of nitrogens with zero attached hydrogens (tertiary/aromatic N) is 2. The summed E-state index contributed by atoms with van der Waals surface area (Å²) in [6.45, 7) is 2.90. The summed E-state index contributed by atoms with van der Waals surface area (Å²) >= 11 is 5.98. The van der Waals surface area contributed by atoms with Crippen LogP contribution in [0.15, 0.2) is 30.5 Å². The van der Waals surface area contributed by atoms with E-state index in [9.17, 15) is 0 Å². The lowest BCUT2D eigenvalue weighted by Gasteiger charge is -2.15. The van der Waals surface area contributed by atoms with Crippen LogP contribution in [-0.4, -0.2) is 22.0 Å². The van der Waals surface area contributed by atoms with Crippen LogP contribution < -0.4 is 5.32 Å². The molecule has 1 atom stereocenters. The Kier molecular flexibility index (Phi) is 3.54. The first kappa shape index (κ1) is 11.1. The predicted octanol–water partition coefficient (Wildman–Crippen LogP) is 2.16. The fourth-order valence-electron chi connectivity index (χ4n) is 1.63. The molecule has 0 saturated heterocycles. The summed E-state index contributed by atoms with van der Waals surface area (Å²) in [7, 11) is 0. The molecule has 0 saturated carbocycles. The molecule has 84 valence electrons. The van der Waals surface area contributed by atoms with Crippen LogP contribution in [0.4, 0.5) is 0 Å². The van der Waals surface area contributed by atoms with Crippen LogP contribution in [0.1, 0.15) is 24.2 Å². The Morgan fingerprint density at radius 2 is 2.38 bits per heavy atom. The van der Waals surface area contributed by atoms with Gasteiger partial charge in [0.2, 0.25) is 0 Å². The molecular weight excluding hydrogens is 224 g/mol. The Hall–Kier alpha value is -1.39. The quantitative estimate of drug-likeness (QED) is 0.856. The molecule has 0 bridgehead atoms. The van der Waals surface area contributed by atoms with Crippen LogP contribution in [0, 0.1) is 0 Å². The van der Waals surface area contributed by atoms with Gasteiger partial charge in [-0.3, -0.25) is 0 Å². The highest BCUT2D eigenvalue weighted by molar-refractivity contribution is 6.30. The number of rotatable bonds is 4. The van der Waals surface area contributed by atoms with Crippen molar-refractivity contribution in [1.29, 1.82) is 0 Å². The van der Waals surface area contributed by atoms with Crippen molar-refractivity contribution in [3.63, 3.8) is 0 Å². The topological polar surface area (TPSA) is 53.6 Å². The molecule has 0 aliphatic carbocycles. The lowest BCUT2D eigenvalue weighted by Crippen LogP contribution is -2.22. The molecule has 0 aliphatic heterocycles. The molecule has 16 heavy (non-hydrogen) atoms. The molecule has 1 aromatic heterocycles. The maximum absolute atomic E-state index is 5.98. The number of halogens is 1. The molecular formula is C11H13ClN4. The van der Waals surface area contributed by atoms with Gasteiger partial charge in [-0.25, -0.2) is 0 Å². The van der Waals surface area contributed by atoms with E-state index in [1.54, 1.807) is 6.20 Å². The van der Waals surface area contributed by atoms with Crippen LogP contribution in [0.3, 0.4) is 0 Å². The summed E-state index contributed by atoms with van der Waals surface area (Å²) in [6.07, 6.45) is 1.72. The zero-order valence-electron chi connectivity index (χ0n) is 8.94. The molecule has 2 N–H and O–H groups in total. The van der Waals surface area contributed by atoms with Crippen LogP contribution in [-0.2, 0) is 0 Å². The van der Waals surface area contributed by atoms with Gasteiger partial charge in [0.25, 0.3) is 0 Å². The fraction of sp³-hybridized carbons (Fsp3) is 0.273. The van der Waals surface area contributed by atoms with Crippen LogP contribution in [0.2, 0.25) is 5.02 Å². The molecule has 1 unspecified atom stereocenters. The molecule has 0 aliphatic rings. The Bertz CT molecular complexity index is 441. The van der Waals surface area contributed by atoms with Gasteiger partial charge >= 0.3 is 0 Å². The molecule has 0 radical (unpaired) electrons. The van der Waals surface area contributed by atoms with Gasteiger partial charge in [0.1, 0.15) is 5.69 Å². The van der Waals surface area contributed by atoms with Gasteiger partial charge in [-0.1, -0.05) is 30.7 Å². The second-order valence-electron chi connectivity index (χ2n) is 3.44. The number of H-pyrrole nitrogens is 1. The third kappa shape index (κ3) is 2.40. The van der Waals surface area contributed by atoms with Crippen molar-refractivity contribution in [2.24, 2.45) is 0 Å². The Morgan fingerprint density at radius 1 is 1.50 bits per heavy atom. The van der Waals surface area contributed by atoms with Crippen LogP contribution >= 0.6 is 11.6 Å². The normalized spacial score (nSPS) is 12.6. The summed E-state index contributed by atoms with van der Waals surface area (Å²) in [5.74, 6) is 0. The SMILES string of the molecule is CCNC(c1cccc(Cl)c1)c1cn[nH]n1. The lowest BCUT2D eigenvalue weighted by molar-refractivity contribution is 0.613. The maximum atomic E-state index is 5.98. The predicted molar refractivity (Wildman–Crippen MR) is 63.4 cm³/mol. The Balaban J connectivity index is 2.33. The van der Waals surface area contributed by atoms with Crippen molar-refractivity contribution < 1.29 is 0 Å². The van der Waals surface area contributed by atoms with E-state index in [1.165, 1.54) is 0 Å². The van der Waals surface area contributed by atoms with E-state index in [-0.39, 0.29) is 6.04 Å². The van der Waals surface area contributed by atoms with Crippen molar-refractivity contribution in [2.45, 2.75) is 13.0 Å². The summed E-state index contributed by atoms with van der Waals surface area (Å²) in [4.78, 5) is 0. The molecule has 0 amide bonds. The number of hydrogen-bond donors (Lipinski definition) is 2. The number of hydrogen-bond acceptors (Lipinski definition) is 3. The highest BCUT2D eigenvalue weighted by Gasteiger charge is 2.15. The van der Waals surface area contributed by atoms with Crippen molar-refractivity contribution in [2.75, 3.05) is 6.54 Å². The van der Waals surface area contributed by atoms with E-state index >= 15 is 0 Å². The standard InChI is InChI=1S/C11H13ClN4/c1-2-13-11(10-7-14-16-15-10)8-4-3-5-9(12)6-8/h3-7,11,13H,2H2,1H3,(H,14,15,16). The summed E-state index contributed by atoms with van der Waals surface area (Å²) in [5.41, 5.74) is 1.95. The van der Waals surface area contributed by atoms with Gasteiger partial charge < -0.3 is 5.32 Å². The van der Waals surface area contributed by atoms with E-state index in [1.807, 2.05) is 24.3 Å². The molecule has 2 rings (SSSR count). The smallest absolute Gasteiger partial charge is 0.104 e. The first-order valence-corrected chi connectivity index (χ1v) is 5.53. The second-order valence-corrected chi connectivity index (χ2v) is 3.88. The molecule has 2 aromatic rings. The minimum atomic E-state index is 0.0300. The zero-order chi connectivity index (χ0) is 11.4. The molecule has 0 fully saturated rings. The fourth-order valence-corrected chi connectivity index (χ4v) is 1.83. The minimum Gasteiger partial charge on any atom is -0.305 e. The van der Waals surface area contributed by atoms with Gasteiger partial charge in [0.15, 0.2) is 0 Å². The van der Waals surface area contributed by atoms with Gasteiger partial charge in [0.05, 0.1) is 12.2 Å². The molecule has 5 heteroatoms. The van der Waals surface area contributed by atoms with Crippen LogP contribution in [0.5, 0.6) is 0 Å². The largest absolute Gasteiger partial charge is 0.305 e. The maximum Gasteiger partial charge on any atom is 0.104 e. The molecule has 1 aromatic carbocycles. The highest BCUT2D eigenvalue weighted by atomic mass is 35.5. The van der Waals surface area contributed by atoms with Crippen molar-refractivity contribution >= 4 is 11.6 Å². The third-order valence-corrected chi connectivity index (χ3v) is 2.55. The minimum absolute atomic E-state index is 0.0300. The average Bonchev–Trinajstić information content (AvgIpc) is 2.79. The van der Waals surface area contributed by atoms with Crippen molar-refractivity contribution in [3.05, 3.63) is 46.7 Å². The summed E-state index contributed by atoms with van der Waals surface area (Å²) < 4.78 is 0. The first-order valence-electron chi connectivity index (χ1n) is 5.15. The van der Waals surface area contributed by atoms with E-state index in [0.29, 0.717) is 0 Å². The summed E-state index contributed by atoms with van der Waals surface area (Å²) in [6, 6.07) is 7.78. The number of benzene rings is 1. The highest BCUT2D eigenvalue weighted by Crippen LogP contribution is 2.22. The number of aromatic amines is 1. The van der Waals surface area contributed by atoms with Crippen molar-refractivity contribution in [1.82, 2.24) is 20.7 Å². The first-order chi connectivity index (χ1) is 7.81. The average molecular weight is 237 g/mol. The number of aromatic nitrogens is 3. The Labute approximate surface area is 99.0 Å². The molecule has 4 nitrogen and oxygen atoms in total. The van der Waals surface area contributed by atoms with E-state index in [0.717, 1.165) is 22.8 Å². The van der Waals surface area contributed by atoms with Gasteiger partial charge in [-0.05, 0) is 24.2 Å². The van der Waals surface area contributed by atoms with E-state index < -0.39 is 0 Å². The van der Waals surface area contributed by atoms with Crippen molar-refractivity contribution in [3.8, 4) is 0 Å². The third-order valence-electron chi connectivity index (χ3n) is 2.32. The zero-order valence-corrected chi connectivity index (χ0v) is 9.70. The van der Waals surface area contributed by atoms with Crippen LogP contribution in [0.25, 0.3) is 0 Å². The lowest BCUT2D eigenvalue weighted by atomic mass is 10.0. The Morgan fingerprint density at radius 3 is 3.00 bits per heavy atom.